The summed E-state index contributed by atoms with van der Waals surface area (Å²) in [6.45, 7) is 5.48. The second-order valence-corrected chi connectivity index (χ2v) is 5.89. The van der Waals surface area contributed by atoms with Crippen molar-refractivity contribution in [2.45, 2.75) is 45.1 Å². The van der Waals surface area contributed by atoms with E-state index in [2.05, 4.69) is 0 Å². The van der Waals surface area contributed by atoms with Crippen molar-refractivity contribution < 1.29 is 19.4 Å². The highest BCUT2D eigenvalue weighted by molar-refractivity contribution is 5.68. The molecule has 110 valence electrons. The first-order valence-electron chi connectivity index (χ1n) is 6.70. The van der Waals surface area contributed by atoms with E-state index in [1.807, 2.05) is 51.1 Å². The Kier molecular flexibility index (Phi) is 4.30. The number of hydrogen-bond donors (Lipinski definition) is 1. The van der Waals surface area contributed by atoms with Crippen LogP contribution in [0, 0.1) is 0 Å². The normalized spacial score (nSPS) is 22.9. The summed E-state index contributed by atoms with van der Waals surface area (Å²) in [5.74, 6) is 0. The van der Waals surface area contributed by atoms with E-state index in [0.717, 1.165) is 5.56 Å². The van der Waals surface area contributed by atoms with Crippen molar-refractivity contribution in [2.24, 2.45) is 0 Å². The maximum absolute atomic E-state index is 12.1. The molecule has 1 amide bonds. The number of aliphatic hydroxyl groups excluding tert-OH is 1. The maximum Gasteiger partial charge on any atom is 0.412 e. The van der Waals surface area contributed by atoms with Gasteiger partial charge in [0.1, 0.15) is 12.3 Å². The Morgan fingerprint density at radius 1 is 1.40 bits per heavy atom. The van der Waals surface area contributed by atoms with Gasteiger partial charge in [0.05, 0.1) is 6.04 Å². The molecule has 0 radical (unpaired) electrons. The third kappa shape index (κ3) is 3.71. The highest BCUT2D eigenvalue weighted by Gasteiger charge is 2.39. The van der Waals surface area contributed by atoms with E-state index in [0.29, 0.717) is 6.42 Å². The lowest BCUT2D eigenvalue weighted by molar-refractivity contribution is -0.0671. The minimum atomic E-state index is -0.984. The first-order chi connectivity index (χ1) is 9.37. The molecule has 0 aliphatic carbocycles. The minimum Gasteiger partial charge on any atom is -0.444 e. The van der Waals surface area contributed by atoms with E-state index in [-0.39, 0.29) is 6.73 Å². The molecule has 20 heavy (non-hydrogen) atoms. The van der Waals surface area contributed by atoms with E-state index in [9.17, 15) is 9.90 Å². The number of amides is 1. The van der Waals surface area contributed by atoms with Crippen LogP contribution in [0.4, 0.5) is 4.79 Å². The molecule has 2 atom stereocenters. The van der Waals surface area contributed by atoms with Crippen LogP contribution in [0.15, 0.2) is 30.3 Å². The van der Waals surface area contributed by atoms with Crippen molar-refractivity contribution in [3.8, 4) is 0 Å². The molecule has 0 saturated carbocycles. The molecule has 1 aromatic rings. The standard InChI is InChI=1S/C15H21NO4/c1-15(2,3)20-14(18)16-10-19-13(17)12(16)9-11-7-5-4-6-8-11/h4-8,12-13,17H,9-10H2,1-3H3/t12-,13?/m1/s1. The lowest BCUT2D eigenvalue weighted by Gasteiger charge is -2.27. The fraction of sp³-hybridized carbons (Fsp3) is 0.533. The van der Waals surface area contributed by atoms with Gasteiger partial charge in [0.15, 0.2) is 6.29 Å². The fourth-order valence-electron chi connectivity index (χ4n) is 2.09. The number of hydrogen-bond acceptors (Lipinski definition) is 4. The molecule has 1 aliphatic rings. The van der Waals surface area contributed by atoms with Crippen LogP contribution in [-0.2, 0) is 15.9 Å². The fourth-order valence-corrected chi connectivity index (χ4v) is 2.09. The molecule has 1 aliphatic heterocycles. The molecular formula is C15H21NO4. The monoisotopic (exact) mass is 279 g/mol. The van der Waals surface area contributed by atoms with Crippen molar-refractivity contribution in [1.82, 2.24) is 4.90 Å². The molecule has 1 fully saturated rings. The third-order valence-electron chi connectivity index (χ3n) is 3.03. The lowest BCUT2D eigenvalue weighted by Crippen LogP contribution is -2.43. The SMILES string of the molecule is CC(C)(C)OC(=O)N1COC(O)[C@H]1Cc1ccccc1. The van der Waals surface area contributed by atoms with E-state index in [1.165, 1.54) is 4.90 Å². The van der Waals surface area contributed by atoms with Gasteiger partial charge in [-0.25, -0.2) is 4.79 Å². The molecule has 1 N–H and O–H groups in total. The summed E-state index contributed by atoms with van der Waals surface area (Å²) in [4.78, 5) is 13.6. The van der Waals surface area contributed by atoms with Crippen LogP contribution in [0.2, 0.25) is 0 Å². The van der Waals surface area contributed by atoms with Gasteiger partial charge in [0.25, 0.3) is 0 Å². The summed E-state index contributed by atoms with van der Waals surface area (Å²) >= 11 is 0. The van der Waals surface area contributed by atoms with Crippen LogP contribution in [0.3, 0.4) is 0 Å². The van der Waals surface area contributed by atoms with Crippen molar-refractivity contribution in [2.75, 3.05) is 6.73 Å². The highest BCUT2D eigenvalue weighted by atomic mass is 16.6. The third-order valence-corrected chi connectivity index (χ3v) is 3.03. The van der Waals surface area contributed by atoms with E-state index < -0.39 is 24.0 Å². The first-order valence-corrected chi connectivity index (χ1v) is 6.70. The average Bonchev–Trinajstić information content (AvgIpc) is 2.70. The van der Waals surface area contributed by atoms with Crippen molar-refractivity contribution in [1.29, 1.82) is 0 Å². The van der Waals surface area contributed by atoms with Crippen LogP contribution in [-0.4, -0.2) is 40.8 Å². The van der Waals surface area contributed by atoms with Gasteiger partial charge in [-0.2, -0.15) is 0 Å². The van der Waals surface area contributed by atoms with Crippen molar-refractivity contribution >= 4 is 6.09 Å². The molecule has 1 heterocycles. The number of carbonyl (C=O) groups is 1. The summed E-state index contributed by atoms with van der Waals surface area (Å²) in [7, 11) is 0. The molecule has 1 aromatic carbocycles. The smallest absolute Gasteiger partial charge is 0.412 e. The first kappa shape index (κ1) is 14.8. The summed E-state index contributed by atoms with van der Waals surface area (Å²) in [6.07, 6.45) is -0.918. The van der Waals surface area contributed by atoms with E-state index in [1.54, 1.807) is 0 Å². The number of nitrogens with zero attached hydrogens (tertiary/aromatic N) is 1. The van der Waals surface area contributed by atoms with Gasteiger partial charge in [-0.1, -0.05) is 30.3 Å². The van der Waals surface area contributed by atoms with Crippen LogP contribution >= 0.6 is 0 Å². The highest BCUT2D eigenvalue weighted by Crippen LogP contribution is 2.22. The molecule has 1 unspecified atom stereocenters. The molecule has 0 aromatic heterocycles. The topological polar surface area (TPSA) is 59.0 Å². The average molecular weight is 279 g/mol. The van der Waals surface area contributed by atoms with Gasteiger partial charge in [-0.05, 0) is 32.8 Å². The predicted octanol–water partition coefficient (Wildman–Crippen LogP) is 2.14. The Bertz CT molecular complexity index is 455. The van der Waals surface area contributed by atoms with Crippen LogP contribution in [0.5, 0.6) is 0 Å². The minimum absolute atomic E-state index is 0.0492. The van der Waals surface area contributed by atoms with E-state index >= 15 is 0 Å². The van der Waals surface area contributed by atoms with Gasteiger partial charge in [-0.15, -0.1) is 0 Å². The Morgan fingerprint density at radius 2 is 2.05 bits per heavy atom. The number of aliphatic hydroxyl groups is 1. The maximum atomic E-state index is 12.1. The zero-order valence-electron chi connectivity index (χ0n) is 12.1. The van der Waals surface area contributed by atoms with Gasteiger partial charge < -0.3 is 14.6 Å². The van der Waals surface area contributed by atoms with Crippen molar-refractivity contribution in [3.05, 3.63) is 35.9 Å². The summed E-state index contributed by atoms with van der Waals surface area (Å²) < 4.78 is 10.5. The van der Waals surface area contributed by atoms with Gasteiger partial charge in [0.2, 0.25) is 0 Å². The lowest BCUT2D eigenvalue weighted by atomic mass is 10.1. The largest absolute Gasteiger partial charge is 0.444 e. The number of benzene rings is 1. The summed E-state index contributed by atoms with van der Waals surface area (Å²) in [5, 5.41) is 9.90. The molecule has 5 nitrogen and oxygen atoms in total. The second-order valence-electron chi connectivity index (χ2n) is 5.89. The summed E-state index contributed by atoms with van der Waals surface area (Å²) in [6, 6.07) is 9.27. The van der Waals surface area contributed by atoms with Gasteiger partial charge >= 0.3 is 6.09 Å². The molecule has 1 saturated heterocycles. The zero-order chi connectivity index (χ0) is 14.8. The quantitative estimate of drug-likeness (QED) is 0.901. The van der Waals surface area contributed by atoms with Crippen molar-refractivity contribution in [3.63, 3.8) is 0 Å². The molecular weight excluding hydrogens is 258 g/mol. The van der Waals surface area contributed by atoms with Crippen LogP contribution in [0.25, 0.3) is 0 Å². The Hall–Kier alpha value is -1.59. The van der Waals surface area contributed by atoms with Crippen LogP contribution < -0.4 is 0 Å². The second kappa shape index (κ2) is 5.81. The number of rotatable bonds is 2. The zero-order valence-corrected chi connectivity index (χ0v) is 12.1. The Morgan fingerprint density at radius 3 is 2.65 bits per heavy atom. The predicted molar refractivity (Wildman–Crippen MR) is 74.0 cm³/mol. The summed E-state index contributed by atoms with van der Waals surface area (Å²) in [5.41, 5.74) is 0.470. The molecule has 0 bridgehead atoms. The van der Waals surface area contributed by atoms with Gasteiger partial charge in [-0.3, -0.25) is 4.90 Å². The number of ether oxygens (including phenoxy) is 2. The molecule has 0 spiro atoms. The number of carbonyl (C=O) groups excluding carboxylic acids is 1. The Balaban J connectivity index is 2.07. The Labute approximate surface area is 119 Å². The van der Waals surface area contributed by atoms with E-state index in [4.69, 9.17) is 9.47 Å². The molecule has 5 heteroatoms. The molecule has 2 rings (SSSR count). The van der Waals surface area contributed by atoms with Gasteiger partial charge in [0, 0.05) is 0 Å². The van der Waals surface area contributed by atoms with Crippen LogP contribution in [0.1, 0.15) is 26.3 Å².